The Morgan fingerprint density at radius 2 is 1.83 bits per heavy atom. The Kier molecular flexibility index (Phi) is 6.10. The highest BCUT2D eigenvalue weighted by atomic mass is 16.5. The van der Waals surface area contributed by atoms with E-state index < -0.39 is 0 Å². The molecule has 1 aromatic rings. The Morgan fingerprint density at radius 1 is 1.17 bits per heavy atom. The lowest BCUT2D eigenvalue weighted by atomic mass is 9.86. The van der Waals surface area contributed by atoms with Crippen molar-refractivity contribution < 1.29 is 14.4 Å². The highest BCUT2D eigenvalue weighted by molar-refractivity contribution is 5.41. The van der Waals surface area contributed by atoms with Crippen LogP contribution in [0.3, 0.4) is 0 Å². The van der Waals surface area contributed by atoms with Crippen LogP contribution in [0.1, 0.15) is 52.2 Å². The van der Waals surface area contributed by atoms with Crippen LogP contribution in [-0.2, 0) is 10.2 Å². The fourth-order valence-corrected chi connectivity index (χ4v) is 3.47. The molecule has 1 saturated heterocycles. The van der Waals surface area contributed by atoms with E-state index in [4.69, 9.17) is 9.47 Å². The maximum atomic E-state index is 6.14. The molecule has 23 heavy (non-hydrogen) atoms. The van der Waals surface area contributed by atoms with Crippen LogP contribution < -0.4 is 9.64 Å². The number of hydrogen-bond donors (Lipinski definition) is 1. The van der Waals surface area contributed by atoms with E-state index in [0.29, 0.717) is 12.2 Å². The molecule has 2 atom stereocenters. The van der Waals surface area contributed by atoms with Crippen molar-refractivity contribution in [2.45, 2.75) is 65.6 Å². The summed E-state index contributed by atoms with van der Waals surface area (Å²) in [5, 5.41) is 0. The molecule has 0 amide bonds. The van der Waals surface area contributed by atoms with Crippen molar-refractivity contribution in [3.8, 4) is 5.75 Å². The van der Waals surface area contributed by atoms with Gasteiger partial charge in [0.15, 0.2) is 0 Å². The summed E-state index contributed by atoms with van der Waals surface area (Å²) >= 11 is 0. The van der Waals surface area contributed by atoms with E-state index in [-0.39, 0.29) is 5.41 Å². The second-order valence-electron chi connectivity index (χ2n) is 8.12. The van der Waals surface area contributed by atoms with E-state index >= 15 is 0 Å². The van der Waals surface area contributed by atoms with Crippen molar-refractivity contribution in [2.24, 2.45) is 0 Å². The van der Waals surface area contributed by atoms with Crippen LogP contribution in [0.15, 0.2) is 18.2 Å². The van der Waals surface area contributed by atoms with Gasteiger partial charge in [-0.2, -0.15) is 0 Å². The van der Waals surface area contributed by atoms with Crippen molar-refractivity contribution in [3.05, 3.63) is 29.3 Å². The Hall–Kier alpha value is -1.06. The van der Waals surface area contributed by atoms with E-state index in [2.05, 4.69) is 59.7 Å². The van der Waals surface area contributed by atoms with Crippen molar-refractivity contribution in [1.82, 2.24) is 0 Å². The monoisotopic (exact) mass is 320 g/mol. The Balaban J connectivity index is 1.86. The van der Waals surface area contributed by atoms with Gasteiger partial charge < -0.3 is 14.4 Å². The van der Waals surface area contributed by atoms with Crippen LogP contribution in [0.25, 0.3) is 0 Å². The molecule has 3 heteroatoms. The molecule has 1 aromatic carbocycles. The van der Waals surface area contributed by atoms with Crippen molar-refractivity contribution in [1.29, 1.82) is 0 Å². The molecular formula is C20H34NO2+. The Bertz CT molecular complexity index is 497. The number of nitrogens with one attached hydrogen (secondary N) is 1. The summed E-state index contributed by atoms with van der Waals surface area (Å²) in [6, 6.07) is 6.56. The molecule has 3 nitrogen and oxygen atoms in total. The number of aryl methyl sites for hydroxylation is 1. The van der Waals surface area contributed by atoms with Gasteiger partial charge in [-0.15, -0.1) is 0 Å². The first-order valence-corrected chi connectivity index (χ1v) is 8.98. The van der Waals surface area contributed by atoms with E-state index in [1.54, 1.807) is 4.90 Å². The Morgan fingerprint density at radius 3 is 2.43 bits per heavy atom. The topological polar surface area (TPSA) is 22.9 Å². The quantitative estimate of drug-likeness (QED) is 0.843. The minimum Gasteiger partial charge on any atom is -0.493 e. The van der Waals surface area contributed by atoms with Crippen LogP contribution in [0.4, 0.5) is 0 Å². The first kappa shape index (κ1) is 18.3. The number of quaternary nitrogens is 1. The van der Waals surface area contributed by atoms with E-state index in [9.17, 15) is 0 Å². The predicted molar refractivity (Wildman–Crippen MR) is 95.6 cm³/mol. The normalized spacial score (nSPS) is 25.4. The maximum absolute atomic E-state index is 6.14. The first-order valence-electron chi connectivity index (χ1n) is 8.98. The van der Waals surface area contributed by atoms with Gasteiger partial charge in [0.2, 0.25) is 0 Å². The van der Waals surface area contributed by atoms with Gasteiger partial charge in [0.25, 0.3) is 0 Å². The lowest BCUT2D eigenvalue weighted by molar-refractivity contribution is -0.915. The van der Waals surface area contributed by atoms with Crippen molar-refractivity contribution in [2.75, 3.05) is 26.2 Å². The zero-order chi connectivity index (χ0) is 17.0. The summed E-state index contributed by atoms with van der Waals surface area (Å²) in [7, 11) is 0. The third-order valence-electron chi connectivity index (χ3n) is 4.49. The van der Waals surface area contributed by atoms with Crippen LogP contribution in [0, 0.1) is 6.92 Å². The van der Waals surface area contributed by atoms with Gasteiger partial charge in [-0.25, -0.2) is 0 Å². The third kappa shape index (κ3) is 5.50. The second kappa shape index (κ2) is 7.67. The van der Waals surface area contributed by atoms with Gasteiger partial charge in [0.1, 0.15) is 31.0 Å². The minimum absolute atomic E-state index is 0.114. The second-order valence-corrected chi connectivity index (χ2v) is 8.12. The van der Waals surface area contributed by atoms with Crippen LogP contribution in [0.5, 0.6) is 5.75 Å². The largest absolute Gasteiger partial charge is 0.493 e. The van der Waals surface area contributed by atoms with E-state index in [1.807, 2.05) is 0 Å². The van der Waals surface area contributed by atoms with Crippen molar-refractivity contribution in [3.63, 3.8) is 0 Å². The van der Waals surface area contributed by atoms with Crippen LogP contribution >= 0.6 is 0 Å². The molecule has 1 fully saturated rings. The summed E-state index contributed by atoms with van der Waals surface area (Å²) in [5.41, 5.74) is 2.67. The molecule has 0 aliphatic carbocycles. The smallest absolute Gasteiger partial charge is 0.123 e. The zero-order valence-corrected chi connectivity index (χ0v) is 15.7. The number of hydrogen-bond acceptors (Lipinski definition) is 2. The van der Waals surface area contributed by atoms with Gasteiger partial charge in [-0.3, -0.25) is 0 Å². The SMILES string of the molecule is Cc1ccc(C(C)(C)C)c(OCCC[NH+]2C[C@H](C)O[C@@H](C)C2)c1. The maximum Gasteiger partial charge on any atom is 0.123 e. The Labute approximate surface area is 142 Å². The molecule has 1 N–H and O–H groups in total. The van der Waals surface area contributed by atoms with Gasteiger partial charge in [0, 0.05) is 6.42 Å². The molecule has 130 valence electrons. The minimum atomic E-state index is 0.114. The van der Waals surface area contributed by atoms with E-state index in [0.717, 1.165) is 38.4 Å². The molecule has 1 aliphatic rings. The number of rotatable bonds is 5. The number of benzene rings is 1. The van der Waals surface area contributed by atoms with E-state index in [1.165, 1.54) is 11.1 Å². The molecule has 1 heterocycles. The van der Waals surface area contributed by atoms with Crippen molar-refractivity contribution >= 4 is 0 Å². The summed E-state index contributed by atoms with van der Waals surface area (Å²) in [5.74, 6) is 1.05. The molecule has 0 bridgehead atoms. The highest BCUT2D eigenvalue weighted by Gasteiger charge is 2.25. The molecule has 0 saturated carbocycles. The zero-order valence-electron chi connectivity index (χ0n) is 15.7. The predicted octanol–water partition coefficient (Wildman–Crippen LogP) is 2.75. The fourth-order valence-electron chi connectivity index (χ4n) is 3.47. The summed E-state index contributed by atoms with van der Waals surface area (Å²) in [6.45, 7) is 17.4. The molecule has 0 spiro atoms. The average molecular weight is 320 g/mol. The molecule has 1 aliphatic heterocycles. The molecule has 0 radical (unpaired) electrons. The van der Waals surface area contributed by atoms with Gasteiger partial charge in [-0.05, 0) is 43.4 Å². The third-order valence-corrected chi connectivity index (χ3v) is 4.49. The van der Waals surface area contributed by atoms with Gasteiger partial charge >= 0.3 is 0 Å². The molecule has 0 aromatic heterocycles. The lowest BCUT2D eigenvalue weighted by Gasteiger charge is -2.32. The number of morpholine rings is 1. The van der Waals surface area contributed by atoms with Gasteiger partial charge in [-0.1, -0.05) is 32.9 Å². The van der Waals surface area contributed by atoms with Gasteiger partial charge in [0.05, 0.1) is 13.2 Å². The average Bonchev–Trinajstić information content (AvgIpc) is 2.41. The van der Waals surface area contributed by atoms with Crippen LogP contribution in [-0.4, -0.2) is 38.4 Å². The first-order chi connectivity index (χ1) is 10.8. The summed E-state index contributed by atoms with van der Waals surface area (Å²) < 4.78 is 12.0. The fraction of sp³-hybridized carbons (Fsp3) is 0.700. The number of ether oxygens (including phenoxy) is 2. The highest BCUT2D eigenvalue weighted by Crippen LogP contribution is 2.32. The summed E-state index contributed by atoms with van der Waals surface area (Å²) in [6.07, 6.45) is 1.84. The molecule has 0 unspecified atom stereocenters. The molecular weight excluding hydrogens is 286 g/mol. The summed E-state index contributed by atoms with van der Waals surface area (Å²) in [4.78, 5) is 1.64. The standard InChI is InChI=1S/C20H33NO2/c1-15-8-9-18(20(4,5)6)19(12-15)22-11-7-10-21-13-16(2)23-17(3)14-21/h8-9,12,16-17H,7,10-11,13-14H2,1-6H3/p+1/t16-,17-/m0/s1. The van der Waals surface area contributed by atoms with Crippen LogP contribution in [0.2, 0.25) is 0 Å². The molecule has 2 rings (SSSR count). The lowest BCUT2D eigenvalue weighted by Crippen LogP contribution is -3.15.